The van der Waals surface area contributed by atoms with Gasteiger partial charge >= 0.3 is 0 Å². The van der Waals surface area contributed by atoms with Crippen molar-refractivity contribution in [2.75, 3.05) is 10.7 Å². The van der Waals surface area contributed by atoms with E-state index in [0.717, 1.165) is 0 Å². The molecular weight excluding hydrogens is 322 g/mol. The predicted octanol–water partition coefficient (Wildman–Crippen LogP) is 2.82. The summed E-state index contributed by atoms with van der Waals surface area (Å²) in [6.45, 7) is 0. The number of nitrogens with one attached hydrogen (secondary N) is 3. The molecule has 9 nitrogen and oxygen atoms in total. The van der Waals surface area contributed by atoms with Crippen LogP contribution in [0.1, 0.15) is 0 Å². The molecule has 0 aliphatic carbocycles. The van der Waals surface area contributed by atoms with Gasteiger partial charge in [0.25, 0.3) is 11.4 Å². The highest BCUT2D eigenvalue weighted by molar-refractivity contribution is 7.80. The van der Waals surface area contributed by atoms with Crippen molar-refractivity contribution in [3.63, 3.8) is 0 Å². The smallest absolute Gasteiger partial charge is 0.269 e. The van der Waals surface area contributed by atoms with Crippen molar-refractivity contribution in [3.05, 3.63) is 68.8 Å². The number of thiocarbonyl (C=S) groups is 1. The molecule has 2 rings (SSSR count). The SMILES string of the molecule is O=[N+]([O-])c1ccc(NNC(=S)Nc2ccc([N+](=O)[O-])cc2)cc1. The van der Waals surface area contributed by atoms with Gasteiger partial charge in [-0.2, -0.15) is 0 Å². The summed E-state index contributed by atoms with van der Waals surface area (Å²) in [6, 6.07) is 11.5. The molecule has 0 aromatic heterocycles. The zero-order valence-electron chi connectivity index (χ0n) is 11.6. The third-order valence-electron chi connectivity index (χ3n) is 2.73. The summed E-state index contributed by atoms with van der Waals surface area (Å²) in [4.78, 5) is 20.1. The minimum Gasteiger partial charge on any atom is -0.331 e. The Hall–Kier alpha value is -3.27. The molecule has 0 radical (unpaired) electrons. The summed E-state index contributed by atoms with van der Waals surface area (Å²) < 4.78 is 0. The Morgan fingerprint density at radius 3 is 1.70 bits per heavy atom. The second-order valence-corrected chi connectivity index (χ2v) is 4.72. The van der Waals surface area contributed by atoms with Gasteiger partial charge in [-0.3, -0.25) is 31.1 Å². The van der Waals surface area contributed by atoms with Crippen LogP contribution in [0.2, 0.25) is 0 Å². The van der Waals surface area contributed by atoms with Crippen LogP contribution < -0.4 is 16.2 Å². The number of nitro groups is 2. The van der Waals surface area contributed by atoms with Crippen LogP contribution in [0.4, 0.5) is 22.7 Å². The molecule has 0 atom stereocenters. The van der Waals surface area contributed by atoms with Gasteiger partial charge in [0, 0.05) is 30.0 Å². The molecule has 0 saturated carbocycles. The molecule has 3 N–H and O–H groups in total. The number of benzene rings is 2. The molecule has 2 aromatic carbocycles. The Morgan fingerprint density at radius 2 is 1.26 bits per heavy atom. The summed E-state index contributed by atoms with van der Waals surface area (Å²) in [7, 11) is 0. The molecule has 118 valence electrons. The van der Waals surface area contributed by atoms with Crippen LogP contribution in [0.15, 0.2) is 48.5 Å². The first-order chi connectivity index (χ1) is 11.0. The number of hydrazine groups is 1. The normalized spacial score (nSPS) is 9.74. The fourth-order valence-electron chi connectivity index (χ4n) is 1.62. The fourth-order valence-corrected chi connectivity index (χ4v) is 1.79. The average molecular weight is 333 g/mol. The second kappa shape index (κ2) is 7.13. The lowest BCUT2D eigenvalue weighted by molar-refractivity contribution is -0.385. The van der Waals surface area contributed by atoms with Crippen molar-refractivity contribution in [3.8, 4) is 0 Å². The average Bonchev–Trinajstić information content (AvgIpc) is 2.54. The van der Waals surface area contributed by atoms with Crippen LogP contribution in [0.5, 0.6) is 0 Å². The number of non-ortho nitro benzene ring substituents is 2. The third kappa shape index (κ3) is 4.61. The zero-order valence-corrected chi connectivity index (χ0v) is 12.4. The molecule has 0 aliphatic heterocycles. The van der Waals surface area contributed by atoms with E-state index in [2.05, 4.69) is 16.2 Å². The van der Waals surface area contributed by atoms with E-state index in [4.69, 9.17) is 12.2 Å². The summed E-state index contributed by atoms with van der Waals surface area (Å²) in [5.74, 6) is 0. The van der Waals surface area contributed by atoms with Crippen molar-refractivity contribution in [1.29, 1.82) is 0 Å². The van der Waals surface area contributed by atoms with Crippen molar-refractivity contribution in [2.45, 2.75) is 0 Å². The Labute approximate surface area is 135 Å². The molecule has 23 heavy (non-hydrogen) atoms. The fraction of sp³-hybridized carbons (Fsp3) is 0. The largest absolute Gasteiger partial charge is 0.331 e. The first-order valence-corrected chi connectivity index (χ1v) is 6.68. The van der Waals surface area contributed by atoms with Gasteiger partial charge in [0.2, 0.25) is 0 Å². The van der Waals surface area contributed by atoms with E-state index in [1.807, 2.05) is 0 Å². The van der Waals surface area contributed by atoms with Crippen LogP contribution in [0.25, 0.3) is 0 Å². The first-order valence-electron chi connectivity index (χ1n) is 6.27. The van der Waals surface area contributed by atoms with Crippen molar-refractivity contribution in [2.24, 2.45) is 0 Å². The highest BCUT2D eigenvalue weighted by Gasteiger charge is 2.05. The monoisotopic (exact) mass is 333 g/mol. The van der Waals surface area contributed by atoms with Gasteiger partial charge in [-0.05, 0) is 36.5 Å². The zero-order chi connectivity index (χ0) is 16.8. The number of rotatable bonds is 5. The van der Waals surface area contributed by atoms with Gasteiger partial charge in [0.15, 0.2) is 5.11 Å². The molecule has 0 aliphatic rings. The van der Waals surface area contributed by atoms with Crippen LogP contribution in [0.3, 0.4) is 0 Å². The summed E-state index contributed by atoms with van der Waals surface area (Å²) in [5.41, 5.74) is 6.62. The van der Waals surface area contributed by atoms with E-state index in [1.165, 1.54) is 48.5 Å². The summed E-state index contributed by atoms with van der Waals surface area (Å²) in [5, 5.41) is 24.2. The lowest BCUT2D eigenvalue weighted by Crippen LogP contribution is -2.33. The molecular formula is C13H11N5O4S. The van der Waals surface area contributed by atoms with Gasteiger partial charge in [-0.15, -0.1) is 0 Å². The topological polar surface area (TPSA) is 122 Å². The highest BCUT2D eigenvalue weighted by Crippen LogP contribution is 2.16. The molecule has 0 spiro atoms. The summed E-state index contributed by atoms with van der Waals surface area (Å²) in [6.07, 6.45) is 0. The van der Waals surface area contributed by atoms with Crippen LogP contribution in [-0.2, 0) is 0 Å². The second-order valence-electron chi connectivity index (χ2n) is 4.31. The molecule has 0 unspecified atom stereocenters. The minimum absolute atomic E-state index is 0.0119. The number of hydrogen-bond donors (Lipinski definition) is 3. The van der Waals surface area contributed by atoms with Gasteiger partial charge in [0.05, 0.1) is 15.5 Å². The molecule has 0 heterocycles. The lowest BCUT2D eigenvalue weighted by atomic mass is 10.3. The number of hydrogen-bond acceptors (Lipinski definition) is 6. The van der Waals surface area contributed by atoms with Crippen LogP contribution >= 0.6 is 12.2 Å². The predicted molar refractivity (Wildman–Crippen MR) is 89.2 cm³/mol. The molecule has 0 bridgehead atoms. The maximum Gasteiger partial charge on any atom is 0.269 e. The van der Waals surface area contributed by atoms with E-state index in [0.29, 0.717) is 11.4 Å². The van der Waals surface area contributed by atoms with Gasteiger partial charge in [0.1, 0.15) is 0 Å². The molecule has 0 amide bonds. The number of nitro benzene ring substituents is 2. The Bertz CT molecular complexity index is 733. The molecule has 2 aromatic rings. The minimum atomic E-state index is -0.490. The maximum absolute atomic E-state index is 10.6. The Balaban J connectivity index is 1.87. The quantitative estimate of drug-likeness (QED) is 0.434. The maximum atomic E-state index is 10.6. The first kappa shape index (κ1) is 16.1. The molecule has 0 fully saturated rings. The number of nitrogens with zero attached hydrogens (tertiary/aromatic N) is 2. The highest BCUT2D eigenvalue weighted by atomic mass is 32.1. The Morgan fingerprint density at radius 1 is 0.826 bits per heavy atom. The molecule has 10 heteroatoms. The van der Waals surface area contributed by atoms with Crippen molar-refractivity contribution in [1.82, 2.24) is 5.43 Å². The van der Waals surface area contributed by atoms with E-state index in [-0.39, 0.29) is 16.5 Å². The van der Waals surface area contributed by atoms with Crippen molar-refractivity contribution < 1.29 is 9.85 Å². The van der Waals surface area contributed by atoms with Crippen LogP contribution in [0, 0.1) is 20.2 Å². The van der Waals surface area contributed by atoms with E-state index in [1.54, 1.807) is 0 Å². The van der Waals surface area contributed by atoms with Gasteiger partial charge < -0.3 is 5.32 Å². The molecule has 0 saturated heterocycles. The van der Waals surface area contributed by atoms with Crippen molar-refractivity contribution >= 4 is 40.1 Å². The van der Waals surface area contributed by atoms with E-state index >= 15 is 0 Å². The Kier molecular flexibility index (Phi) is 5.00. The standard InChI is InChI=1S/C13H11N5O4S/c19-17(20)11-5-1-9(2-6-11)14-13(23)16-15-10-3-7-12(8-4-10)18(21)22/h1-8,15H,(H2,14,16,23). The van der Waals surface area contributed by atoms with Gasteiger partial charge in [-0.25, -0.2) is 0 Å². The van der Waals surface area contributed by atoms with Crippen LogP contribution in [-0.4, -0.2) is 15.0 Å². The van der Waals surface area contributed by atoms with E-state index < -0.39 is 9.85 Å². The lowest BCUT2D eigenvalue weighted by Gasteiger charge is -2.12. The van der Waals surface area contributed by atoms with Gasteiger partial charge in [-0.1, -0.05) is 0 Å². The van der Waals surface area contributed by atoms with E-state index in [9.17, 15) is 20.2 Å². The summed E-state index contributed by atoms with van der Waals surface area (Å²) >= 11 is 5.06. The number of anilines is 2. The third-order valence-corrected chi connectivity index (χ3v) is 2.94.